The minimum atomic E-state index is -0.582. The van der Waals surface area contributed by atoms with Crippen LogP contribution in [0.25, 0.3) is 10.8 Å². The Labute approximate surface area is 131 Å². The molecule has 3 aromatic carbocycles. The summed E-state index contributed by atoms with van der Waals surface area (Å²) in [6, 6.07) is 15.1. The van der Waals surface area contributed by atoms with Crippen molar-refractivity contribution < 1.29 is 19.1 Å². The number of hydrogen-bond acceptors (Lipinski definition) is 4. The van der Waals surface area contributed by atoms with Gasteiger partial charge in [0.15, 0.2) is 0 Å². The molecule has 0 aliphatic carbocycles. The van der Waals surface area contributed by atoms with Crippen molar-refractivity contribution in [3.63, 3.8) is 0 Å². The number of carbonyl (C=O) groups is 2. The molecule has 0 saturated carbocycles. The number of para-hydroxylation sites is 1. The van der Waals surface area contributed by atoms with Gasteiger partial charge in [-0.3, -0.25) is 0 Å². The van der Waals surface area contributed by atoms with E-state index in [1.807, 2.05) is 42.5 Å². The first-order valence-electron chi connectivity index (χ1n) is 7.33. The van der Waals surface area contributed by atoms with Gasteiger partial charge in [0.1, 0.15) is 11.5 Å². The van der Waals surface area contributed by atoms with Crippen LogP contribution in [0.3, 0.4) is 0 Å². The third kappa shape index (κ3) is 1.60. The van der Waals surface area contributed by atoms with Crippen molar-refractivity contribution in [3.05, 3.63) is 70.8 Å². The third-order valence-electron chi connectivity index (χ3n) is 4.42. The molecule has 0 fully saturated rings. The maximum Gasteiger partial charge on any atom is 0.347 e. The molecule has 0 N–H and O–H groups in total. The molecule has 0 bridgehead atoms. The monoisotopic (exact) mass is 302 g/mol. The van der Waals surface area contributed by atoms with Gasteiger partial charge >= 0.3 is 11.9 Å². The molecule has 2 aliphatic rings. The number of ether oxygens (including phenoxy) is 2. The molecule has 5 rings (SSSR count). The lowest BCUT2D eigenvalue weighted by Gasteiger charge is -2.22. The fourth-order valence-corrected chi connectivity index (χ4v) is 3.37. The Morgan fingerprint density at radius 2 is 1.61 bits per heavy atom. The average molecular weight is 302 g/mol. The molecule has 23 heavy (non-hydrogen) atoms. The number of esters is 2. The Balaban J connectivity index is 1.85. The standard InChI is InChI=1S/C19H10O4/c20-18-12-7-5-10-6-8-15-13(16(10)17(12)19(21)23-18)9-11-3-1-2-4-14(11)22-15/h1-8H,9H2. The zero-order chi connectivity index (χ0) is 15.6. The van der Waals surface area contributed by atoms with E-state index in [0.29, 0.717) is 17.5 Å². The molecular weight excluding hydrogens is 292 g/mol. The second-order valence-corrected chi connectivity index (χ2v) is 5.69. The molecule has 0 spiro atoms. The number of benzene rings is 3. The number of cyclic esters (lactones) is 2. The number of hydrogen-bond donors (Lipinski definition) is 0. The molecular formula is C19H10O4. The number of rotatable bonds is 0. The van der Waals surface area contributed by atoms with Crippen molar-refractivity contribution in [3.8, 4) is 11.5 Å². The summed E-state index contributed by atoms with van der Waals surface area (Å²) in [4.78, 5) is 23.9. The van der Waals surface area contributed by atoms with Crippen molar-refractivity contribution in [1.29, 1.82) is 0 Å². The van der Waals surface area contributed by atoms with Gasteiger partial charge in [0, 0.05) is 17.4 Å². The van der Waals surface area contributed by atoms with Gasteiger partial charge in [-0.05, 0) is 29.1 Å². The van der Waals surface area contributed by atoms with E-state index in [9.17, 15) is 9.59 Å². The highest BCUT2D eigenvalue weighted by Crippen LogP contribution is 2.42. The lowest BCUT2D eigenvalue weighted by Crippen LogP contribution is -2.06. The summed E-state index contributed by atoms with van der Waals surface area (Å²) in [5.41, 5.74) is 2.66. The third-order valence-corrected chi connectivity index (χ3v) is 4.42. The molecule has 0 amide bonds. The topological polar surface area (TPSA) is 52.6 Å². The summed E-state index contributed by atoms with van der Waals surface area (Å²) < 4.78 is 10.8. The largest absolute Gasteiger partial charge is 0.457 e. The predicted octanol–water partition coefficient (Wildman–Crippen LogP) is 3.85. The fraction of sp³-hybridized carbons (Fsp3) is 0.0526. The Bertz CT molecular complexity index is 1030. The smallest absolute Gasteiger partial charge is 0.347 e. The Morgan fingerprint density at radius 3 is 2.52 bits per heavy atom. The van der Waals surface area contributed by atoms with Crippen LogP contribution < -0.4 is 4.74 Å². The summed E-state index contributed by atoms with van der Waals surface area (Å²) in [6.45, 7) is 0. The predicted molar refractivity (Wildman–Crippen MR) is 83.0 cm³/mol. The van der Waals surface area contributed by atoms with Crippen molar-refractivity contribution in [2.24, 2.45) is 0 Å². The maximum absolute atomic E-state index is 12.1. The molecule has 110 valence electrons. The second-order valence-electron chi connectivity index (χ2n) is 5.69. The molecule has 0 atom stereocenters. The fourth-order valence-electron chi connectivity index (χ4n) is 3.37. The van der Waals surface area contributed by atoms with Gasteiger partial charge in [0.05, 0.1) is 11.1 Å². The van der Waals surface area contributed by atoms with Gasteiger partial charge < -0.3 is 9.47 Å². The molecule has 0 unspecified atom stereocenters. The average Bonchev–Trinajstić information content (AvgIpc) is 2.87. The van der Waals surface area contributed by atoms with Crippen molar-refractivity contribution >= 4 is 22.7 Å². The highest BCUT2D eigenvalue weighted by Gasteiger charge is 2.33. The SMILES string of the molecule is O=C1OC(=O)c2c1ccc1ccc3c(c21)Cc1ccccc1O3. The van der Waals surface area contributed by atoms with Crippen LogP contribution in [0.1, 0.15) is 31.8 Å². The van der Waals surface area contributed by atoms with Crippen LogP contribution >= 0.6 is 0 Å². The van der Waals surface area contributed by atoms with Crippen LogP contribution in [0.4, 0.5) is 0 Å². The molecule has 3 aromatic rings. The minimum Gasteiger partial charge on any atom is -0.457 e. The van der Waals surface area contributed by atoms with Crippen LogP contribution in [0.5, 0.6) is 11.5 Å². The van der Waals surface area contributed by atoms with Gasteiger partial charge in [-0.25, -0.2) is 9.59 Å². The van der Waals surface area contributed by atoms with Gasteiger partial charge in [-0.1, -0.05) is 30.3 Å². The van der Waals surface area contributed by atoms with Gasteiger partial charge in [0.2, 0.25) is 0 Å². The van der Waals surface area contributed by atoms with Gasteiger partial charge in [-0.2, -0.15) is 0 Å². The van der Waals surface area contributed by atoms with Gasteiger partial charge in [0.25, 0.3) is 0 Å². The normalized spacial score (nSPS) is 14.8. The van der Waals surface area contributed by atoms with Crippen molar-refractivity contribution in [1.82, 2.24) is 0 Å². The Morgan fingerprint density at radius 1 is 0.783 bits per heavy atom. The van der Waals surface area contributed by atoms with E-state index in [0.717, 1.165) is 33.4 Å². The molecule has 2 heterocycles. The quantitative estimate of drug-likeness (QED) is 0.366. The molecule has 0 saturated heterocycles. The van der Waals surface area contributed by atoms with E-state index in [1.54, 1.807) is 6.07 Å². The second kappa shape index (κ2) is 4.20. The van der Waals surface area contributed by atoms with Crippen LogP contribution in [-0.2, 0) is 11.2 Å². The lowest BCUT2D eigenvalue weighted by atomic mass is 9.90. The first kappa shape index (κ1) is 12.4. The Hall–Kier alpha value is -3.14. The van der Waals surface area contributed by atoms with Crippen LogP contribution in [-0.4, -0.2) is 11.9 Å². The highest BCUT2D eigenvalue weighted by atomic mass is 16.6. The Kier molecular flexibility index (Phi) is 2.26. The zero-order valence-electron chi connectivity index (χ0n) is 12.0. The lowest BCUT2D eigenvalue weighted by molar-refractivity contribution is 0.0444. The number of carbonyl (C=O) groups excluding carboxylic acids is 2. The molecule has 2 aliphatic heterocycles. The van der Waals surface area contributed by atoms with Crippen LogP contribution in [0, 0.1) is 0 Å². The van der Waals surface area contributed by atoms with E-state index in [2.05, 4.69) is 0 Å². The maximum atomic E-state index is 12.1. The van der Waals surface area contributed by atoms with E-state index in [1.165, 1.54) is 0 Å². The first-order valence-corrected chi connectivity index (χ1v) is 7.33. The zero-order valence-corrected chi connectivity index (χ0v) is 12.0. The highest BCUT2D eigenvalue weighted by molar-refractivity contribution is 6.22. The molecule has 4 nitrogen and oxygen atoms in total. The van der Waals surface area contributed by atoms with Crippen molar-refractivity contribution in [2.45, 2.75) is 6.42 Å². The van der Waals surface area contributed by atoms with Crippen molar-refractivity contribution in [2.75, 3.05) is 0 Å². The van der Waals surface area contributed by atoms with Gasteiger partial charge in [-0.15, -0.1) is 0 Å². The minimum absolute atomic E-state index is 0.328. The number of fused-ring (bicyclic) bond motifs is 6. The molecule has 0 aromatic heterocycles. The summed E-state index contributed by atoms with van der Waals surface area (Å²) in [6.07, 6.45) is 0.654. The van der Waals surface area contributed by atoms with E-state index < -0.39 is 11.9 Å². The molecule has 0 radical (unpaired) electrons. The summed E-state index contributed by atoms with van der Waals surface area (Å²) in [7, 11) is 0. The summed E-state index contributed by atoms with van der Waals surface area (Å²) >= 11 is 0. The van der Waals surface area contributed by atoms with E-state index in [4.69, 9.17) is 9.47 Å². The van der Waals surface area contributed by atoms with Crippen LogP contribution in [0.2, 0.25) is 0 Å². The van der Waals surface area contributed by atoms with Crippen LogP contribution in [0.15, 0.2) is 48.5 Å². The summed E-state index contributed by atoms with van der Waals surface area (Å²) in [5.74, 6) is 0.381. The molecule has 4 heteroatoms. The summed E-state index contributed by atoms with van der Waals surface area (Å²) in [5, 5.41) is 1.66. The van der Waals surface area contributed by atoms with E-state index in [-0.39, 0.29) is 0 Å². The van der Waals surface area contributed by atoms with E-state index >= 15 is 0 Å². The first-order chi connectivity index (χ1) is 11.2.